The van der Waals surface area contributed by atoms with Crippen LogP contribution in [0.4, 0.5) is 0 Å². The van der Waals surface area contributed by atoms with Gasteiger partial charge in [0, 0.05) is 5.75 Å². The molecule has 0 saturated heterocycles. The second kappa shape index (κ2) is 12.3. The van der Waals surface area contributed by atoms with Gasteiger partial charge < -0.3 is 31.9 Å². The van der Waals surface area contributed by atoms with Crippen molar-refractivity contribution >= 4 is 42.3 Å². The molecule has 166 valence electrons. The number of aliphatic carboxylic acids is 2. The minimum Gasteiger partial charge on any atom is -0.481 e. The summed E-state index contributed by atoms with van der Waals surface area (Å²) in [7, 11) is 0. The van der Waals surface area contributed by atoms with Crippen molar-refractivity contribution in [2.24, 2.45) is 17.6 Å². The third-order valence-electron chi connectivity index (χ3n) is 4.08. The summed E-state index contributed by atoms with van der Waals surface area (Å²) >= 11 is 3.98. The van der Waals surface area contributed by atoms with Crippen LogP contribution in [0.1, 0.15) is 34.1 Å². The van der Waals surface area contributed by atoms with Crippen LogP contribution in [0.5, 0.6) is 0 Å². The van der Waals surface area contributed by atoms with Gasteiger partial charge in [0.05, 0.1) is 12.5 Å². The van der Waals surface area contributed by atoms with Gasteiger partial charge in [-0.3, -0.25) is 19.2 Å². The number of hydrogen-bond acceptors (Lipinski definition) is 7. The van der Waals surface area contributed by atoms with E-state index in [4.69, 9.17) is 15.9 Å². The summed E-state index contributed by atoms with van der Waals surface area (Å²) in [5.41, 5.74) is 5.70. The van der Waals surface area contributed by atoms with Gasteiger partial charge in [0.1, 0.15) is 18.1 Å². The molecule has 3 amide bonds. The van der Waals surface area contributed by atoms with Gasteiger partial charge in [0.25, 0.3) is 0 Å². The van der Waals surface area contributed by atoms with Crippen molar-refractivity contribution in [2.75, 3.05) is 5.75 Å². The predicted octanol–water partition coefficient (Wildman–Crippen LogP) is -1.43. The molecule has 0 aliphatic heterocycles. The second-order valence-corrected chi connectivity index (χ2v) is 7.61. The average Bonchev–Trinajstić information content (AvgIpc) is 2.61. The molecule has 0 aromatic rings. The Morgan fingerprint density at radius 3 is 1.69 bits per heavy atom. The molecule has 0 heterocycles. The standard InChI is InChI=1S/C17H30N4O7S/c1-7(2)12(18)16(26)19-9(5-11(22)23)14(24)20-10(6-29)15(25)21-13(8(3)4)17(27)28/h7-10,12-13,29H,5-6,18H2,1-4H3,(H,19,26)(H,20,24)(H,21,25)(H,22,23)(H,27,28). The Hall–Kier alpha value is -2.34. The number of carbonyl (C=O) groups excluding carboxylic acids is 3. The van der Waals surface area contributed by atoms with E-state index >= 15 is 0 Å². The van der Waals surface area contributed by atoms with E-state index in [-0.39, 0.29) is 11.7 Å². The lowest BCUT2D eigenvalue weighted by atomic mass is 10.0. The normalized spacial score (nSPS) is 15.2. The number of nitrogens with two attached hydrogens (primary N) is 1. The van der Waals surface area contributed by atoms with E-state index in [2.05, 4.69) is 28.6 Å². The summed E-state index contributed by atoms with van der Waals surface area (Å²) in [6.45, 7) is 6.57. The summed E-state index contributed by atoms with van der Waals surface area (Å²) in [6.07, 6.45) is -0.729. The number of carboxylic acid groups (broad SMARTS) is 2. The van der Waals surface area contributed by atoms with E-state index in [1.807, 2.05) is 0 Å². The zero-order chi connectivity index (χ0) is 22.9. The Bertz CT molecular complexity index is 627. The maximum atomic E-state index is 12.5. The number of rotatable bonds is 12. The number of thiol groups is 1. The van der Waals surface area contributed by atoms with E-state index in [1.54, 1.807) is 27.7 Å². The lowest BCUT2D eigenvalue weighted by Gasteiger charge is -2.25. The first kappa shape index (κ1) is 26.7. The summed E-state index contributed by atoms with van der Waals surface area (Å²) in [4.78, 5) is 59.2. The van der Waals surface area contributed by atoms with Gasteiger partial charge in [-0.05, 0) is 11.8 Å². The Labute approximate surface area is 174 Å². The number of nitrogens with one attached hydrogen (secondary N) is 3. The molecule has 0 aromatic carbocycles. The van der Waals surface area contributed by atoms with Crippen molar-refractivity contribution in [3.8, 4) is 0 Å². The Morgan fingerprint density at radius 2 is 1.31 bits per heavy atom. The molecule has 7 N–H and O–H groups in total. The average molecular weight is 435 g/mol. The van der Waals surface area contributed by atoms with Gasteiger partial charge in [-0.15, -0.1) is 0 Å². The Kier molecular flexibility index (Phi) is 11.3. The third-order valence-corrected chi connectivity index (χ3v) is 4.44. The zero-order valence-corrected chi connectivity index (χ0v) is 17.7. The molecule has 0 aliphatic rings. The molecule has 12 heteroatoms. The number of carboxylic acids is 2. The SMILES string of the molecule is CC(C)C(N)C(=O)NC(CC(=O)O)C(=O)NC(CS)C(=O)NC(C(=O)O)C(C)C. The van der Waals surface area contributed by atoms with E-state index in [1.165, 1.54) is 0 Å². The minimum absolute atomic E-state index is 0.179. The molecule has 0 aliphatic carbocycles. The van der Waals surface area contributed by atoms with Crippen LogP contribution in [0.15, 0.2) is 0 Å². The minimum atomic E-state index is -1.47. The third kappa shape index (κ3) is 9.13. The van der Waals surface area contributed by atoms with Gasteiger partial charge in [0.2, 0.25) is 17.7 Å². The highest BCUT2D eigenvalue weighted by Crippen LogP contribution is 2.04. The van der Waals surface area contributed by atoms with Gasteiger partial charge >= 0.3 is 11.9 Å². The monoisotopic (exact) mass is 434 g/mol. The maximum Gasteiger partial charge on any atom is 0.326 e. The lowest BCUT2D eigenvalue weighted by Crippen LogP contribution is -2.58. The molecule has 11 nitrogen and oxygen atoms in total. The van der Waals surface area contributed by atoms with Gasteiger partial charge in [0.15, 0.2) is 0 Å². The highest BCUT2D eigenvalue weighted by Gasteiger charge is 2.32. The number of hydrogen-bond donors (Lipinski definition) is 7. The molecule has 0 aromatic heterocycles. The van der Waals surface area contributed by atoms with Crippen LogP contribution in [0.3, 0.4) is 0 Å². The van der Waals surface area contributed by atoms with E-state index in [0.717, 1.165) is 0 Å². The summed E-state index contributed by atoms with van der Waals surface area (Å²) < 4.78 is 0. The summed E-state index contributed by atoms with van der Waals surface area (Å²) in [5, 5.41) is 25.0. The van der Waals surface area contributed by atoms with Crippen LogP contribution < -0.4 is 21.7 Å². The molecule has 0 saturated carbocycles. The lowest BCUT2D eigenvalue weighted by molar-refractivity contribution is -0.144. The van der Waals surface area contributed by atoms with Crippen LogP contribution in [0, 0.1) is 11.8 Å². The predicted molar refractivity (Wildman–Crippen MR) is 107 cm³/mol. The molecular weight excluding hydrogens is 404 g/mol. The maximum absolute atomic E-state index is 12.5. The summed E-state index contributed by atoms with van der Waals surface area (Å²) in [5.74, 6) is -5.86. The van der Waals surface area contributed by atoms with E-state index < -0.39 is 66.2 Å². The quantitative estimate of drug-likeness (QED) is 0.182. The fourth-order valence-corrected chi connectivity index (χ4v) is 2.45. The van der Waals surface area contributed by atoms with E-state index in [0.29, 0.717) is 0 Å². The molecule has 0 spiro atoms. The zero-order valence-electron chi connectivity index (χ0n) is 16.8. The topological polar surface area (TPSA) is 188 Å². The molecular formula is C17H30N4O7S. The smallest absolute Gasteiger partial charge is 0.326 e. The molecule has 0 bridgehead atoms. The first-order chi connectivity index (χ1) is 13.3. The molecule has 4 unspecified atom stereocenters. The Balaban J connectivity index is 5.27. The van der Waals surface area contributed by atoms with Crippen molar-refractivity contribution in [2.45, 2.75) is 58.3 Å². The first-order valence-electron chi connectivity index (χ1n) is 9.03. The van der Waals surface area contributed by atoms with Crippen LogP contribution in [0.2, 0.25) is 0 Å². The van der Waals surface area contributed by atoms with Crippen molar-refractivity contribution in [1.29, 1.82) is 0 Å². The van der Waals surface area contributed by atoms with Gasteiger partial charge in [-0.25, -0.2) is 4.79 Å². The van der Waals surface area contributed by atoms with Crippen LogP contribution in [0.25, 0.3) is 0 Å². The van der Waals surface area contributed by atoms with Crippen molar-refractivity contribution in [3.05, 3.63) is 0 Å². The summed E-state index contributed by atoms with van der Waals surface area (Å²) in [6, 6.07) is -4.84. The van der Waals surface area contributed by atoms with Crippen LogP contribution in [-0.4, -0.2) is 69.8 Å². The van der Waals surface area contributed by atoms with Crippen molar-refractivity contribution in [3.63, 3.8) is 0 Å². The van der Waals surface area contributed by atoms with Crippen molar-refractivity contribution in [1.82, 2.24) is 16.0 Å². The number of amides is 3. The van der Waals surface area contributed by atoms with Gasteiger partial charge in [-0.1, -0.05) is 27.7 Å². The first-order valence-corrected chi connectivity index (χ1v) is 9.67. The van der Waals surface area contributed by atoms with Crippen LogP contribution >= 0.6 is 12.6 Å². The molecule has 29 heavy (non-hydrogen) atoms. The molecule has 0 fully saturated rings. The molecule has 4 atom stereocenters. The largest absolute Gasteiger partial charge is 0.481 e. The number of carbonyl (C=O) groups is 5. The van der Waals surface area contributed by atoms with E-state index in [9.17, 15) is 24.0 Å². The second-order valence-electron chi connectivity index (χ2n) is 7.24. The molecule has 0 rings (SSSR count). The highest BCUT2D eigenvalue weighted by molar-refractivity contribution is 7.80. The van der Waals surface area contributed by atoms with Crippen LogP contribution in [-0.2, 0) is 24.0 Å². The molecule has 0 radical (unpaired) electrons. The fourth-order valence-electron chi connectivity index (χ4n) is 2.19. The fraction of sp³-hybridized carbons (Fsp3) is 0.706. The Morgan fingerprint density at radius 1 is 0.828 bits per heavy atom. The highest BCUT2D eigenvalue weighted by atomic mass is 32.1. The van der Waals surface area contributed by atoms with Crippen molar-refractivity contribution < 1.29 is 34.2 Å². The van der Waals surface area contributed by atoms with Gasteiger partial charge in [-0.2, -0.15) is 12.6 Å².